The van der Waals surface area contributed by atoms with Crippen LogP contribution in [0.1, 0.15) is 22.5 Å². The zero-order chi connectivity index (χ0) is 17.4. The van der Waals surface area contributed by atoms with Crippen LogP contribution >= 0.6 is 38.6 Å². The third-order valence-corrected chi connectivity index (χ3v) is 6.63. The second-order valence-corrected chi connectivity index (χ2v) is 9.26. The third kappa shape index (κ3) is 3.70. The largest absolute Gasteiger partial charge is 0.467 e. The van der Waals surface area contributed by atoms with Gasteiger partial charge >= 0.3 is 0 Å². The number of amides is 1. The minimum absolute atomic E-state index is 0.0320. The van der Waals surface area contributed by atoms with E-state index < -0.39 is 0 Å². The number of benzene rings is 1. The normalized spacial score (nSPS) is 15.7. The number of rotatable bonds is 3. The molecule has 1 aromatic carbocycles. The van der Waals surface area contributed by atoms with Crippen LogP contribution in [0.5, 0.6) is 5.19 Å². The molecule has 0 spiro atoms. The van der Waals surface area contributed by atoms with Crippen molar-refractivity contribution in [2.45, 2.75) is 18.9 Å². The van der Waals surface area contributed by atoms with Crippen LogP contribution in [0.15, 0.2) is 34.1 Å². The third-order valence-electron chi connectivity index (χ3n) is 4.11. The van der Waals surface area contributed by atoms with E-state index in [1.54, 1.807) is 6.07 Å². The first-order valence-electron chi connectivity index (χ1n) is 7.86. The minimum Gasteiger partial charge on any atom is -0.467 e. The summed E-state index contributed by atoms with van der Waals surface area (Å²) in [6.45, 7) is 1.33. The lowest BCUT2D eigenvalue weighted by molar-refractivity contribution is 0.0600. The highest BCUT2D eigenvalue weighted by molar-refractivity contribution is 9.11. The summed E-state index contributed by atoms with van der Waals surface area (Å²) < 4.78 is 21.0. The van der Waals surface area contributed by atoms with Gasteiger partial charge in [-0.25, -0.2) is 9.37 Å². The molecule has 0 saturated carbocycles. The van der Waals surface area contributed by atoms with Crippen LogP contribution < -0.4 is 4.74 Å². The zero-order valence-corrected chi connectivity index (χ0v) is 16.3. The van der Waals surface area contributed by atoms with Crippen molar-refractivity contribution >= 4 is 54.7 Å². The Morgan fingerprint density at radius 2 is 2.04 bits per heavy atom. The second kappa shape index (κ2) is 7.01. The summed E-state index contributed by atoms with van der Waals surface area (Å²) in [5.74, 6) is -0.195. The maximum absolute atomic E-state index is 13.3. The average Bonchev–Trinajstić information content (AvgIpc) is 3.20. The van der Waals surface area contributed by atoms with Crippen molar-refractivity contribution in [3.05, 3.63) is 44.8 Å². The van der Waals surface area contributed by atoms with Crippen molar-refractivity contribution in [1.29, 1.82) is 0 Å². The summed E-state index contributed by atoms with van der Waals surface area (Å²) >= 11 is 6.19. The first-order valence-corrected chi connectivity index (χ1v) is 10.3. The Kier molecular flexibility index (Phi) is 4.75. The molecule has 1 aliphatic heterocycles. The highest BCUT2D eigenvalue weighted by Gasteiger charge is 2.26. The molecule has 0 N–H and O–H groups in total. The van der Waals surface area contributed by atoms with Gasteiger partial charge in [0.1, 0.15) is 11.9 Å². The Balaban J connectivity index is 1.37. The standard InChI is InChI=1S/C17H14BrFN2O2S2/c18-15-4-3-13(24-15)16(22)21-7-5-11(6-8-21)23-17-20-12-2-1-10(19)9-14(12)25-17/h1-4,9,11H,5-8H2. The molecule has 1 amide bonds. The van der Waals surface area contributed by atoms with Gasteiger partial charge < -0.3 is 9.64 Å². The number of thiazole rings is 1. The van der Waals surface area contributed by atoms with Gasteiger partial charge in [0.15, 0.2) is 0 Å². The molecule has 4 nitrogen and oxygen atoms in total. The molecule has 8 heteroatoms. The van der Waals surface area contributed by atoms with E-state index in [1.807, 2.05) is 17.0 Å². The van der Waals surface area contributed by atoms with Crippen molar-refractivity contribution in [3.63, 3.8) is 0 Å². The molecule has 3 heterocycles. The van der Waals surface area contributed by atoms with Crippen LogP contribution in [0.25, 0.3) is 10.2 Å². The van der Waals surface area contributed by atoms with E-state index in [4.69, 9.17) is 4.74 Å². The van der Waals surface area contributed by atoms with Crippen LogP contribution in [0, 0.1) is 5.82 Å². The number of nitrogens with zero attached hydrogens (tertiary/aromatic N) is 2. The molecule has 3 aromatic rings. The molecule has 130 valence electrons. The van der Waals surface area contributed by atoms with Gasteiger partial charge in [-0.3, -0.25) is 4.79 Å². The fourth-order valence-corrected chi connectivity index (χ4v) is 5.09. The van der Waals surface area contributed by atoms with E-state index in [1.165, 1.54) is 34.8 Å². The number of aromatic nitrogens is 1. The van der Waals surface area contributed by atoms with E-state index in [9.17, 15) is 9.18 Å². The highest BCUT2D eigenvalue weighted by Crippen LogP contribution is 2.31. The molecule has 0 atom stereocenters. The predicted molar refractivity (Wildman–Crippen MR) is 101 cm³/mol. The Morgan fingerprint density at radius 3 is 2.76 bits per heavy atom. The van der Waals surface area contributed by atoms with Gasteiger partial charge in [0, 0.05) is 25.9 Å². The summed E-state index contributed by atoms with van der Waals surface area (Å²) in [6, 6.07) is 8.28. The smallest absolute Gasteiger partial charge is 0.274 e. The lowest BCUT2D eigenvalue weighted by Crippen LogP contribution is -2.41. The number of carbonyl (C=O) groups is 1. The Labute approximate surface area is 160 Å². The van der Waals surface area contributed by atoms with Crippen LogP contribution in [0.3, 0.4) is 0 Å². The molecule has 25 heavy (non-hydrogen) atoms. The van der Waals surface area contributed by atoms with E-state index >= 15 is 0 Å². The number of piperidine rings is 1. The average molecular weight is 441 g/mol. The van der Waals surface area contributed by atoms with E-state index in [0.717, 1.165) is 31.7 Å². The van der Waals surface area contributed by atoms with Crippen LogP contribution in [-0.4, -0.2) is 35.0 Å². The summed E-state index contributed by atoms with van der Waals surface area (Å²) in [4.78, 5) is 19.5. The molecular weight excluding hydrogens is 427 g/mol. The lowest BCUT2D eigenvalue weighted by Gasteiger charge is -2.31. The van der Waals surface area contributed by atoms with Crippen LogP contribution in [0.2, 0.25) is 0 Å². The molecule has 1 aliphatic rings. The number of likely N-dealkylation sites (tertiary alicyclic amines) is 1. The number of thiophene rings is 1. The molecule has 0 aliphatic carbocycles. The van der Waals surface area contributed by atoms with E-state index in [0.29, 0.717) is 18.3 Å². The number of hydrogen-bond donors (Lipinski definition) is 0. The summed E-state index contributed by atoms with van der Waals surface area (Å²) in [6.07, 6.45) is 1.56. The Morgan fingerprint density at radius 1 is 1.24 bits per heavy atom. The van der Waals surface area contributed by atoms with Crippen molar-refractivity contribution in [3.8, 4) is 5.19 Å². The summed E-state index contributed by atoms with van der Waals surface area (Å²) in [7, 11) is 0. The lowest BCUT2D eigenvalue weighted by atomic mass is 10.1. The monoisotopic (exact) mass is 440 g/mol. The molecule has 1 fully saturated rings. The number of hydrogen-bond acceptors (Lipinski definition) is 5. The number of ether oxygens (including phenoxy) is 1. The molecular formula is C17H14BrFN2O2S2. The maximum atomic E-state index is 13.3. The fourth-order valence-electron chi connectivity index (χ4n) is 2.83. The molecule has 0 bridgehead atoms. The Bertz CT molecular complexity index is 918. The van der Waals surface area contributed by atoms with Crippen molar-refractivity contribution in [1.82, 2.24) is 9.88 Å². The Hall–Kier alpha value is -1.51. The van der Waals surface area contributed by atoms with Gasteiger partial charge in [0.25, 0.3) is 11.1 Å². The van der Waals surface area contributed by atoms with Gasteiger partial charge in [0.2, 0.25) is 0 Å². The summed E-state index contributed by atoms with van der Waals surface area (Å²) in [5, 5.41) is 0.563. The molecule has 1 saturated heterocycles. The summed E-state index contributed by atoms with van der Waals surface area (Å²) in [5.41, 5.74) is 0.747. The van der Waals surface area contributed by atoms with Crippen LogP contribution in [0.4, 0.5) is 4.39 Å². The van der Waals surface area contributed by atoms with Gasteiger partial charge in [0.05, 0.1) is 18.9 Å². The zero-order valence-electron chi connectivity index (χ0n) is 13.1. The fraction of sp³-hybridized carbons (Fsp3) is 0.294. The maximum Gasteiger partial charge on any atom is 0.274 e. The van der Waals surface area contributed by atoms with Crippen molar-refractivity contribution < 1.29 is 13.9 Å². The number of fused-ring (bicyclic) bond motifs is 1. The quantitative estimate of drug-likeness (QED) is 0.578. The second-order valence-electron chi connectivity index (χ2n) is 5.80. The van der Waals surface area contributed by atoms with Crippen molar-refractivity contribution in [2.75, 3.05) is 13.1 Å². The van der Waals surface area contributed by atoms with Gasteiger partial charge in [-0.2, -0.15) is 0 Å². The number of halogens is 2. The van der Waals surface area contributed by atoms with E-state index in [-0.39, 0.29) is 17.8 Å². The molecule has 0 radical (unpaired) electrons. The first kappa shape index (κ1) is 16.9. The first-order chi connectivity index (χ1) is 12.1. The van der Waals surface area contributed by atoms with Crippen molar-refractivity contribution in [2.24, 2.45) is 0 Å². The van der Waals surface area contributed by atoms with Gasteiger partial charge in [-0.05, 0) is 46.3 Å². The van der Waals surface area contributed by atoms with E-state index in [2.05, 4.69) is 20.9 Å². The number of carbonyl (C=O) groups excluding carboxylic acids is 1. The molecule has 2 aromatic heterocycles. The predicted octanol–water partition coefficient (Wildman–Crippen LogP) is 4.94. The molecule has 0 unspecified atom stereocenters. The topological polar surface area (TPSA) is 42.4 Å². The SMILES string of the molecule is O=C(c1ccc(Br)s1)N1CCC(Oc2nc3ccc(F)cc3s2)CC1. The molecule has 4 rings (SSSR count). The highest BCUT2D eigenvalue weighted by atomic mass is 79.9. The van der Waals surface area contributed by atoms with Gasteiger partial charge in [-0.1, -0.05) is 11.3 Å². The minimum atomic E-state index is -0.269. The van der Waals surface area contributed by atoms with Gasteiger partial charge in [-0.15, -0.1) is 11.3 Å². The van der Waals surface area contributed by atoms with Crippen LogP contribution in [-0.2, 0) is 0 Å².